The van der Waals surface area contributed by atoms with Gasteiger partial charge in [0.1, 0.15) is 0 Å². The van der Waals surface area contributed by atoms with Crippen LogP contribution in [0.3, 0.4) is 0 Å². The van der Waals surface area contributed by atoms with Gasteiger partial charge in [0, 0.05) is 12.6 Å². The second kappa shape index (κ2) is 7.43. The molecule has 24 heavy (non-hydrogen) atoms. The summed E-state index contributed by atoms with van der Waals surface area (Å²) in [4.78, 5) is 7.20. The van der Waals surface area contributed by atoms with Crippen molar-refractivity contribution in [2.75, 3.05) is 12.4 Å². The van der Waals surface area contributed by atoms with Gasteiger partial charge in [0.25, 0.3) is 0 Å². The maximum absolute atomic E-state index is 12.8. The molecule has 5 nitrogen and oxygen atoms in total. The monoisotopic (exact) mass is 356 g/mol. The summed E-state index contributed by atoms with van der Waals surface area (Å²) in [6.45, 7) is 2.39. The summed E-state index contributed by atoms with van der Waals surface area (Å²) in [5.41, 5.74) is 0.995. The van der Waals surface area contributed by atoms with Crippen molar-refractivity contribution in [3.05, 3.63) is 47.2 Å². The highest BCUT2D eigenvalue weighted by Gasteiger charge is 2.34. The summed E-state index contributed by atoms with van der Waals surface area (Å²) in [7, 11) is 1.22. The van der Waals surface area contributed by atoms with E-state index in [1.807, 2.05) is 31.2 Å². The SMILES string of the molecule is COc1cc(C(F)(F)F)nc(NC(=S)NCc2ccc(C)cc2)n1. The third-order valence-electron chi connectivity index (χ3n) is 3.00. The molecule has 1 aromatic heterocycles. The van der Waals surface area contributed by atoms with Crippen molar-refractivity contribution in [1.29, 1.82) is 0 Å². The first-order valence-corrected chi connectivity index (χ1v) is 7.29. The first-order chi connectivity index (χ1) is 11.3. The molecule has 0 bridgehead atoms. The largest absolute Gasteiger partial charge is 0.481 e. The first kappa shape index (κ1) is 17.9. The highest BCUT2D eigenvalue weighted by molar-refractivity contribution is 7.80. The van der Waals surface area contributed by atoms with Crippen LogP contribution in [0, 0.1) is 6.92 Å². The summed E-state index contributed by atoms with van der Waals surface area (Å²) in [5, 5.41) is 5.52. The molecule has 1 aromatic carbocycles. The number of anilines is 1. The van der Waals surface area contributed by atoms with Gasteiger partial charge >= 0.3 is 6.18 Å². The van der Waals surface area contributed by atoms with Gasteiger partial charge in [0.2, 0.25) is 11.8 Å². The molecule has 0 amide bonds. The Morgan fingerprint density at radius 3 is 2.46 bits per heavy atom. The van der Waals surface area contributed by atoms with Gasteiger partial charge < -0.3 is 15.4 Å². The molecule has 0 aliphatic heterocycles. The predicted molar refractivity (Wildman–Crippen MR) is 87.8 cm³/mol. The summed E-state index contributed by atoms with van der Waals surface area (Å²) < 4.78 is 43.2. The van der Waals surface area contributed by atoms with E-state index in [2.05, 4.69) is 20.6 Å². The second-order valence-corrected chi connectivity index (χ2v) is 5.32. The summed E-state index contributed by atoms with van der Waals surface area (Å²) >= 11 is 5.05. The molecule has 9 heteroatoms. The molecule has 2 N–H and O–H groups in total. The Balaban J connectivity index is 2.04. The van der Waals surface area contributed by atoms with Gasteiger partial charge in [-0.05, 0) is 24.7 Å². The molecular formula is C15H15F3N4OS. The molecule has 0 fully saturated rings. The van der Waals surface area contributed by atoms with E-state index in [0.29, 0.717) is 12.6 Å². The van der Waals surface area contributed by atoms with Crippen LogP contribution >= 0.6 is 12.2 Å². The normalized spacial score (nSPS) is 11.0. The number of halogens is 3. The molecule has 2 aromatic rings. The zero-order valence-corrected chi connectivity index (χ0v) is 13.8. The fourth-order valence-electron chi connectivity index (χ4n) is 1.76. The summed E-state index contributed by atoms with van der Waals surface area (Å²) in [5.74, 6) is -0.496. The molecule has 0 spiro atoms. The number of alkyl halides is 3. The number of rotatable bonds is 4. The number of ether oxygens (including phenoxy) is 1. The van der Waals surface area contributed by atoms with Gasteiger partial charge in [-0.3, -0.25) is 0 Å². The average molecular weight is 356 g/mol. The van der Waals surface area contributed by atoms with E-state index >= 15 is 0 Å². The highest BCUT2D eigenvalue weighted by atomic mass is 32.1. The smallest absolute Gasteiger partial charge is 0.433 e. The number of hydrogen-bond acceptors (Lipinski definition) is 4. The number of methoxy groups -OCH3 is 1. The third kappa shape index (κ3) is 5.05. The molecule has 0 aliphatic carbocycles. The van der Waals surface area contributed by atoms with E-state index in [1.165, 1.54) is 7.11 Å². The zero-order chi connectivity index (χ0) is 17.7. The van der Waals surface area contributed by atoms with Crippen molar-refractivity contribution >= 4 is 23.3 Å². The lowest BCUT2D eigenvalue weighted by molar-refractivity contribution is -0.141. The van der Waals surface area contributed by atoms with Crippen LogP contribution in [-0.4, -0.2) is 22.2 Å². The van der Waals surface area contributed by atoms with Crippen LogP contribution < -0.4 is 15.4 Å². The van der Waals surface area contributed by atoms with Crippen molar-refractivity contribution in [2.45, 2.75) is 19.6 Å². The van der Waals surface area contributed by atoms with E-state index in [0.717, 1.165) is 11.1 Å². The van der Waals surface area contributed by atoms with Crippen molar-refractivity contribution in [1.82, 2.24) is 15.3 Å². The van der Waals surface area contributed by atoms with Crippen LogP contribution in [0.25, 0.3) is 0 Å². The van der Waals surface area contributed by atoms with Crippen molar-refractivity contribution < 1.29 is 17.9 Å². The van der Waals surface area contributed by atoms with E-state index in [4.69, 9.17) is 17.0 Å². The van der Waals surface area contributed by atoms with Gasteiger partial charge in [0.05, 0.1) is 7.11 Å². The van der Waals surface area contributed by atoms with Gasteiger partial charge in [-0.15, -0.1) is 0 Å². The van der Waals surface area contributed by atoms with Crippen LogP contribution in [0.1, 0.15) is 16.8 Å². The van der Waals surface area contributed by atoms with Crippen molar-refractivity contribution in [2.24, 2.45) is 0 Å². The van der Waals surface area contributed by atoms with Crippen molar-refractivity contribution in [3.8, 4) is 5.88 Å². The van der Waals surface area contributed by atoms with E-state index in [9.17, 15) is 13.2 Å². The fraction of sp³-hybridized carbons (Fsp3) is 0.267. The minimum Gasteiger partial charge on any atom is -0.481 e. The number of benzene rings is 1. The number of nitrogens with zero attached hydrogens (tertiary/aromatic N) is 2. The van der Waals surface area contributed by atoms with Crippen molar-refractivity contribution in [3.63, 3.8) is 0 Å². The number of aryl methyl sites for hydroxylation is 1. The Morgan fingerprint density at radius 2 is 1.88 bits per heavy atom. The second-order valence-electron chi connectivity index (χ2n) is 4.91. The lowest BCUT2D eigenvalue weighted by atomic mass is 10.1. The Morgan fingerprint density at radius 1 is 1.21 bits per heavy atom. The topological polar surface area (TPSA) is 59.1 Å². The zero-order valence-electron chi connectivity index (χ0n) is 12.9. The fourth-order valence-corrected chi connectivity index (χ4v) is 1.93. The van der Waals surface area contributed by atoms with E-state index < -0.39 is 11.9 Å². The van der Waals surface area contributed by atoms with E-state index in [1.54, 1.807) is 0 Å². The minimum atomic E-state index is -4.61. The summed E-state index contributed by atoms with van der Waals surface area (Å²) in [6.07, 6.45) is -4.61. The van der Waals surface area contributed by atoms with Crippen LogP contribution in [-0.2, 0) is 12.7 Å². The average Bonchev–Trinajstić information content (AvgIpc) is 2.53. The van der Waals surface area contributed by atoms with Crippen LogP contribution in [0.4, 0.5) is 19.1 Å². The molecule has 0 radical (unpaired) electrons. The highest BCUT2D eigenvalue weighted by Crippen LogP contribution is 2.30. The lowest BCUT2D eigenvalue weighted by Crippen LogP contribution is -2.29. The Kier molecular flexibility index (Phi) is 5.55. The molecule has 0 atom stereocenters. The van der Waals surface area contributed by atoms with Crippen LogP contribution in [0.15, 0.2) is 30.3 Å². The predicted octanol–water partition coefficient (Wildman–Crippen LogP) is 3.30. The Bertz CT molecular complexity index is 720. The Labute approximate surface area is 142 Å². The first-order valence-electron chi connectivity index (χ1n) is 6.88. The number of hydrogen-bond donors (Lipinski definition) is 2. The maximum atomic E-state index is 12.8. The van der Waals surface area contributed by atoms with Crippen LogP contribution in [0.2, 0.25) is 0 Å². The molecule has 128 valence electrons. The molecular weight excluding hydrogens is 341 g/mol. The molecule has 1 heterocycles. The van der Waals surface area contributed by atoms with Gasteiger partial charge in [-0.25, -0.2) is 4.98 Å². The standard InChI is InChI=1S/C15H15F3N4OS/c1-9-3-5-10(6-4-9)8-19-14(24)22-13-20-11(15(16,17)18)7-12(21-13)23-2/h3-7H,8H2,1-2H3,(H2,19,20,21,22,24). The number of aromatic nitrogens is 2. The molecule has 2 rings (SSSR count). The van der Waals surface area contributed by atoms with Crippen LogP contribution in [0.5, 0.6) is 5.88 Å². The van der Waals surface area contributed by atoms with Gasteiger partial charge in [0.15, 0.2) is 10.8 Å². The molecule has 0 aliphatic rings. The number of thiocarbonyl (C=S) groups is 1. The third-order valence-corrected chi connectivity index (χ3v) is 3.25. The molecule has 0 saturated carbocycles. The van der Waals surface area contributed by atoms with Gasteiger partial charge in [-0.2, -0.15) is 18.2 Å². The van der Waals surface area contributed by atoms with E-state index in [-0.39, 0.29) is 16.9 Å². The Hall–Kier alpha value is -2.42. The minimum absolute atomic E-state index is 0.108. The molecule has 0 unspecified atom stereocenters. The quantitative estimate of drug-likeness (QED) is 0.820. The molecule has 0 saturated heterocycles. The number of nitrogens with one attached hydrogen (secondary N) is 2. The lowest BCUT2D eigenvalue weighted by Gasteiger charge is -2.12. The maximum Gasteiger partial charge on any atom is 0.433 e. The van der Waals surface area contributed by atoms with Gasteiger partial charge in [-0.1, -0.05) is 29.8 Å². The summed E-state index contributed by atoms with van der Waals surface area (Å²) in [6, 6.07) is 8.47.